The maximum atomic E-state index is 12.5. The highest BCUT2D eigenvalue weighted by molar-refractivity contribution is 5.94. The van der Waals surface area contributed by atoms with E-state index in [-0.39, 0.29) is 12.0 Å². The number of amides is 1. The molecule has 3 aromatic rings. The fraction of sp³-hybridized carbons (Fsp3) is 0.304. The largest absolute Gasteiger partial charge is 0.381 e. The predicted molar refractivity (Wildman–Crippen MR) is 108 cm³/mol. The molecular formula is C23H24N2O3. The highest BCUT2D eigenvalue weighted by atomic mass is 16.5. The number of para-hydroxylation sites is 1. The standard InChI is InChI=1S/C23H24N2O3/c26-23(22-9-8-19-6-1-2-7-21(19)25-22)24-15-17-4-3-5-18(14-17)16-28-20-10-12-27-13-11-20/h1-9,14,20H,10-13,15-16H2,(H,24,26). The molecule has 1 saturated heterocycles. The predicted octanol–water partition coefficient (Wildman–Crippen LogP) is 3.86. The van der Waals surface area contributed by atoms with Crippen molar-refractivity contribution in [1.82, 2.24) is 10.3 Å². The fourth-order valence-electron chi connectivity index (χ4n) is 3.35. The molecule has 1 N–H and O–H groups in total. The molecule has 2 aromatic carbocycles. The van der Waals surface area contributed by atoms with Crippen LogP contribution in [0, 0.1) is 0 Å². The van der Waals surface area contributed by atoms with Gasteiger partial charge in [0, 0.05) is 25.1 Å². The van der Waals surface area contributed by atoms with Gasteiger partial charge in [-0.05, 0) is 36.1 Å². The summed E-state index contributed by atoms with van der Waals surface area (Å²) in [5.41, 5.74) is 3.41. The Balaban J connectivity index is 1.34. The van der Waals surface area contributed by atoms with E-state index in [1.807, 2.05) is 42.5 Å². The van der Waals surface area contributed by atoms with Gasteiger partial charge in [0.25, 0.3) is 5.91 Å². The number of hydrogen-bond donors (Lipinski definition) is 1. The number of fused-ring (bicyclic) bond motifs is 1. The van der Waals surface area contributed by atoms with Crippen molar-refractivity contribution >= 4 is 16.8 Å². The Kier molecular flexibility index (Phi) is 5.95. The van der Waals surface area contributed by atoms with Crippen molar-refractivity contribution in [3.8, 4) is 0 Å². The normalized spacial score (nSPS) is 14.9. The molecule has 0 unspecified atom stereocenters. The summed E-state index contributed by atoms with van der Waals surface area (Å²) in [4.78, 5) is 16.9. The fourth-order valence-corrected chi connectivity index (χ4v) is 3.35. The van der Waals surface area contributed by atoms with Crippen molar-refractivity contribution in [3.63, 3.8) is 0 Å². The molecule has 0 radical (unpaired) electrons. The van der Waals surface area contributed by atoms with Crippen molar-refractivity contribution in [2.75, 3.05) is 13.2 Å². The first-order valence-corrected chi connectivity index (χ1v) is 9.69. The monoisotopic (exact) mass is 376 g/mol. The zero-order chi connectivity index (χ0) is 19.2. The van der Waals surface area contributed by atoms with Gasteiger partial charge in [-0.2, -0.15) is 0 Å². The summed E-state index contributed by atoms with van der Waals surface area (Å²) < 4.78 is 11.3. The summed E-state index contributed by atoms with van der Waals surface area (Å²) >= 11 is 0. The van der Waals surface area contributed by atoms with Crippen LogP contribution in [0.1, 0.15) is 34.5 Å². The maximum absolute atomic E-state index is 12.5. The van der Waals surface area contributed by atoms with E-state index in [9.17, 15) is 4.79 Å². The highest BCUT2D eigenvalue weighted by Gasteiger charge is 2.14. The maximum Gasteiger partial charge on any atom is 0.270 e. The first-order chi connectivity index (χ1) is 13.8. The second-order valence-electron chi connectivity index (χ2n) is 7.01. The van der Waals surface area contributed by atoms with Crippen LogP contribution in [0.3, 0.4) is 0 Å². The van der Waals surface area contributed by atoms with Gasteiger partial charge in [-0.1, -0.05) is 48.5 Å². The van der Waals surface area contributed by atoms with Crippen molar-refractivity contribution in [2.45, 2.75) is 32.1 Å². The lowest BCUT2D eigenvalue weighted by Crippen LogP contribution is -2.24. The average Bonchev–Trinajstić information content (AvgIpc) is 2.77. The molecule has 1 amide bonds. The molecule has 1 aliphatic heterocycles. The van der Waals surface area contributed by atoms with Crippen LogP contribution in [0.5, 0.6) is 0 Å². The van der Waals surface area contributed by atoms with Gasteiger partial charge in [-0.3, -0.25) is 4.79 Å². The molecule has 0 spiro atoms. The van der Waals surface area contributed by atoms with E-state index < -0.39 is 0 Å². The van der Waals surface area contributed by atoms with E-state index in [1.165, 1.54) is 0 Å². The summed E-state index contributed by atoms with van der Waals surface area (Å²) in [6, 6.07) is 19.6. The molecule has 2 heterocycles. The van der Waals surface area contributed by atoms with E-state index in [0.29, 0.717) is 18.8 Å². The SMILES string of the molecule is O=C(NCc1cccc(COC2CCOCC2)c1)c1ccc2ccccc2n1. The van der Waals surface area contributed by atoms with E-state index >= 15 is 0 Å². The number of rotatable bonds is 6. The van der Waals surface area contributed by atoms with Crippen LogP contribution in [-0.4, -0.2) is 30.2 Å². The van der Waals surface area contributed by atoms with Crippen molar-refractivity contribution in [1.29, 1.82) is 0 Å². The minimum atomic E-state index is -0.172. The smallest absolute Gasteiger partial charge is 0.270 e. The molecule has 1 fully saturated rings. The molecule has 4 rings (SSSR count). The van der Waals surface area contributed by atoms with Crippen LogP contribution in [-0.2, 0) is 22.6 Å². The van der Waals surface area contributed by atoms with E-state index in [0.717, 1.165) is 48.1 Å². The first-order valence-electron chi connectivity index (χ1n) is 9.69. The van der Waals surface area contributed by atoms with Crippen LogP contribution >= 0.6 is 0 Å². The van der Waals surface area contributed by atoms with Crippen LogP contribution in [0.4, 0.5) is 0 Å². The molecule has 0 atom stereocenters. The molecule has 5 heteroatoms. The van der Waals surface area contributed by atoms with Gasteiger partial charge in [0.2, 0.25) is 0 Å². The van der Waals surface area contributed by atoms with Gasteiger partial charge in [0.15, 0.2) is 0 Å². The minimum Gasteiger partial charge on any atom is -0.381 e. The van der Waals surface area contributed by atoms with Gasteiger partial charge in [0.05, 0.1) is 18.2 Å². The summed E-state index contributed by atoms with van der Waals surface area (Å²) in [7, 11) is 0. The number of nitrogens with zero attached hydrogens (tertiary/aromatic N) is 1. The topological polar surface area (TPSA) is 60.5 Å². The Hall–Kier alpha value is -2.76. The third kappa shape index (κ3) is 4.74. The van der Waals surface area contributed by atoms with Gasteiger partial charge in [-0.15, -0.1) is 0 Å². The van der Waals surface area contributed by atoms with Gasteiger partial charge in [0.1, 0.15) is 5.69 Å². The number of ether oxygens (including phenoxy) is 2. The highest BCUT2D eigenvalue weighted by Crippen LogP contribution is 2.15. The van der Waals surface area contributed by atoms with E-state index in [1.54, 1.807) is 6.07 Å². The zero-order valence-electron chi connectivity index (χ0n) is 15.8. The van der Waals surface area contributed by atoms with E-state index in [2.05, 4.69) is 22.4 Å². The Morgan fingerprint density at radius 2 is 1.86 bits per heavy atom. The quantitative estimate of drug-likeness (QED) is 0.710. The third-order valence-electron chi connectivity index (χ3n) is 4.93. The molecule has 0 aliphatic carbocycles. The number of nitrogens with one attached hydrogen (secondary N) is 1. The van der Waals surface area contributed by atoms with Crippen LogP contribution in [0.2, 0.25) is 0 Å². The molecule has 28 heavy (non-hydrogen) atoms. The lowest BCUT2D eigenvalue weighted by molar-refractivity contribution is -0.0390. The number of hydrogen-bond acceptors (Lipinski definition) is 4. The van der Waals surface area contributed by atoms with Gasteiger partial charge >= 0.3 is 0 Å². The second kappa shape index (κ2) is 8.95. The van der Waals surface area contributed by atoms with Crippen molar-refractivity contribution in [2.24, 2.45) is 0 Å². The molecule has 144 valence electrons. The Bertz CT molecular complexity index is 951. The number of pyridine rings is 1. The zero-order valence-corrected chi connectivity index (χ0v) is 15.8. The first kappa shape index (κ1) is 18.6. The molecular weight excluding hydrogens is 352 g/mol. The number of carbonyl (C=O) groups is 1. The molecule has 5 nitrogen and oxygen atoms in total. The molecule has 1 aliphatic rings. The Labute approximate surface area is 164 Å². The Morgan fingerprint density at radius 1 is 1.04 bits per heavy atom. The van der Waals surface area contributed by atoms with Crippen molar-refractivity contribution in [3.05, 3.63) is 77.5 Å². The van der Waals surface area contributed by atoms with Crippen molar-refractivity contribution < 1.29 is 14.3 Å². The van der Waals surface area contributed by atoms with Crippen LogP contribution < -0.4 is 5.32 Å². The van der Waals surface area contributed by atoms with Gasteiger partial charge in [-0.25, -0.2) is 4.98 Å². The lowest BCUT2D eigenvalue weighted by atomic mass is 10.1. The number of benzene rings is 2. The number of carbonyl (C=O) groups excluding carboxylic acids is 1. The molecule has 0 bridgehead atoms. The Morgan fingerprint density at radius 3 is 2.75 bits per heavy atom. The average molecular weight is 376 g/mol. The summed E-state index contributed by atoms with van der Waals surface area (Å²) in [5, 5.41) is 3.98. The molecule has 1 aromatic heterocycles. The van der Waals surface area contributed by atoms with Crippen LogP contribution in [0.25, 0.3) is 10.9 Å². The summed E-state index contributed by atoms with van der Waals surface area (Å²) in [5.74, 6) is -0.172. The van der Waals surface area contributed by atoms with E-state index in [4.69, 9.17) is 9.47 Å². The number of aromatic nitrogens is 1. The third-order valence-corrected chi connectivity index (χ3v) is 4.93. The lowest BCUT2D eigenvalue weighted by Gasteiger charge is -2.22. The van der Waals surface area contributed by atoms with Gasteiger partial charge < -0.3 is 14.8 Å². The minimum absolute atomic E-state index is 0.172. The summed E-state index contributed by atoms with van der Waals surface area (Å²) in [6.07, 6.45) is 2.18. The summed E-state index contributed by atoms with van der Waals surface area (Å²) in [6.45, 7) is 2.59. The second-order valence-corrected chi connectivity index (χ2v) is 7.01. The molecule has 0 saturated carbocycles. The van der Waals surface area contributed by atoms with Crippen LogP contribution in [0.15, 0.2) is 60.7 Å².